The van der Waals surface area contributed by atoms with Crippen molar-refractivity contribution in [1.82, 2.24) is 5.16 Å². The number of hydrogen-bond acceptors (Lipinski definition) is 5. The second-order valence-corrected chi connectivity index (χ2v) is 6.12. The number of benzene rings is 1. The summed E-state index contributed by atoms with van der Waals surface area (Å²) in [6, 6.07) is 11.2. The predicted molar refractivity (Wildman–Crippen MR) is 90.7 cm³/mol. The third-order valence-corrected chi connectivity index (χ3v) is 4.21. The number of aryl methyl sites for hydroxylation is 3. The lowest BCUT2D eigenvalue weighted by molar-refractivity contribution is 0.0991. The Bertz CT molecular complexity index is 910. The van der Waals surface area contributed by atoms with E-state index >= 15 is 0 Å². The standard InChI is InChI=1S/C19H18N2O4/c1-12-9-18(21-25-12)20-19(22)17-8-7-16(24-17)11-23-15-6-5-13-3-2-4-14(13)10-15/h5-10H,2-4,11H2,1H3,(H,20,21,22). The van der Waals surface area contributed by atoms with Gasteiger partial charge in [0.25, 0.3) is 5.91 Å². The maximum Gasteiger partial charge on any atom is 0.292 e. The molecule has 6 heteroatoms. The Morgan fingerprint density at radius 1 is 1.20 bits per heavy atom. The van der Waals surface area contributed by atoms with Crippen LogP contribution in [0.2, 0.25) is 0 Å². The van der Waals surface area contributed by atoms with Crippen molar-refractivity contribution in [1.29, 1.82) is 0 Å². The quantitative estimate of drug-likeness (QED) is 0.763. The predicted octanol–water partition coefficient (Wildman–Crippen LogP) is 3.90. The molecule has 0 aliphatic heterocycles. The summed E-state index contributed by atoms with van der Waals surface area (Å²) >= 11 is 0. The Morgan fingerprint density at radius 2 is 2.08 bits per heavy atom. The highest BCUT2D eigenvalue weighted by Gasteiger charge is 2.14. The van der Waals surface area contributed by atoms with Crippen LogP contribution in [0.3, 0.4) is 0 Å². The highest BCUT2D eigenvalue weighted by Crippen LogP contribution is 2.26. The van der Waals surface area contributed by atoms with Gasteiger partial charge < -0.3 is 19.0 Å². The molecule has 0 atom stereocenters. The van der Waals surface area contributed by atoms with Crippen molar-refractivity contribution in [2.75, 3.05) is 5.32 Å². The smallest absolute Gasteiger partial charge is 0.292 e. The van der Waals surface area contributed by atoms with E-state index in [0.29, 0.717) is 17.3 Å². The molecule has 25 heavy (non-hydrogen) atoms. The maximum absolute atomic E-state index is 12.1. The Morgan fingerprint density at radius 3 is 2.92 bits per heavy atom. The summed E-state index contributed by atoms with van der Waals surface area (Å²) in [5.74, 6) is 2.21. The fourth-order valence-electron chi connectivity index (χ4n) is 2.97. The summed E-state index contributed by atoms with van der Waals surface area (Å²) in [6.07, 6.45) is 3.47. The number of nitrogens with one attached hydrogen (secondary N) is 1. The van der Waals surface area contributed by atoms with Crippen molar-refractivity contribution >= 4 is 11.7 Å². The highest BCUT2D eigenvalue weighted by atomic mass is 16.5. The molecule has 1 aliphatic rings. The number of hydrogen-bond donors (Lipinski definition) is 1. The molecule has 0 saturated heterocycles. The molecule has 2 heterocycles. The number of fused-ring (bicyclic) bond motifs is 1. The third-order valence-electron chi connectivity index (χ3n) is 4.21. The van der Waals surface area contributed by atoms with Gasteiger partial charge in [0.15, 0.2) is 11.6 Å². The van der Waals surface area contributed by atoms with Crippen LogP contribution in [0.1, 0.15) is 39.6 Å². The second-order valence-electron chi connectivity index (χ2n) is 6.12. The first-order valence-electron chi connectivity index (χ1n) is 8.25. The van der Waals surface area contributed by atoms with E-state index in [4.69, 9.17) is 13.7 Å². The van der Waals surface area contributed by atoms with E-state index in [1.54, 1.807) is 25.1 Å². The summed E-state index contributed by atoms with van der Waals surface area (Å²) < 4.78 is 16.2. The van der Waals surface area contributed by atoms with Gasteiger partial charge in [-0.25, -0.2) is 0 Å². The minimum absolute atomic E-state index is 0.202. The molecular weight excluding hydrogens is 320 g/mol. The van der Waals surface area contributed by atoms with Crippen LogP contribution in [0.4, 0.5) is 5.82 Å². The molecule has 1 N–H and O–H groups in total. The number of aromatic nitrogens is 1. The molecule has 0 radical (unpaired) electrons. The average Bonchev–Trinajstić information content (AvgIpc) is 3.33. The van der Waals surface area contributed by atoms with Crippen molar-refractivity contribution in [3.05, 3.63) is 64.8 Å². The minimum Gasteiger partial charge on any atom is -0.486 e. The van der Waals surface area contributed by atoms with E-state index in [-0.39, 0.29) is 18.3 Å². The maximum atomic E-state index is 12.1. The van der Waals surface area contributed by atoms with Crippen LogP contribution >= 0.6 is 0 Å². The monoisotopic (exact) mass is 338 g/mol. The number of furan rings is 1. The SMILES string of the molecule is Cc1cc(NC(=O)c2ccc(COc3ccc4c(c3)CCC4)o2)no1. The number of carbonyl (C=O) groups is 1. The molecule has 3 aromatic rings. The van der Waals surface area contributed by atoms with Crippen LogP contribution in [0.15, 0.2) is 45.3 Å². The third kappa shape index (κ3) is 3.42. The molecule has 4 rings (SSSR count). The van der Waals surface area contributed by atoms with Crippen LogP contribution in [0, 0.1) is 6.92 Å². The first-order valence-corrected chi connectivity index (χ1v) is 8.25. The van der Waals surface area contributed by atoms with Crippen LogP contribution in [0.25, 0.3) is 0 Å². The van der Waals surface area contributed by atoms with Gasteiger partial charge in [-0.1, -0.05) is 11.2 Å². The fourth-order valence-corrected chi connectivity index (χ4v) is 2.97. The van der Waals surface area contributed by atoms with Gasteiger partial charge in [-0.15, -0.1) is 0 Å². The number of anilines is 1. The van der Waals surface area contributed by atoms with Crippen molar-refractivity contribution in [3.63, 3.8) is 0 Å². The Kier molecular flexibility index (Phi) is 4.01. The van der Waals surface area contributed by atoms with E-state index in [9.17, 15) is 4.79 Å². The number of rotatable bonds is 5. The Hall–Kier alpha value is -3.02. The molecule has 128 valence electrons. The van der Waals surface area contributed by atoms with Crippen LogP contribution in [0.5, 0.6) is 5.75 Å². The van der Waals surface area contributed by atoms with Gasteiger partial charge in [0.2, 0.25) is 0 Å². The van der Waals surface area contributed by atoms with Gasteiger partial charge in [0.1, 0.15) is 23.9 Å². The first-order chi connectivity index (χ1) is 12.2. The van der Waals surface area contributed by atoms with E-state index in [2.05, 4.69) is 22.6 Å². The zero-order chi connectivity index (χ0) is 17.2. The molecule has 0 unspecified atom stereocenters. The van der Waals surface area contributed by atoms with Crippen molar-refractivity contribution in [3.8, 4) is 5.75 Å². The molecule has 0 saturated carbocycles. The van der Waals surface area contributed by atoms with Gasteiger partial charge in [-0.2, -0.15) is 0 Å². The van der Waals surface area contributed by atoms with Crippen LogP contribution in [-0.4, -0.2) is 11.1 Å². The summed E-state index contributed by atoms with van der Waals surface area (Å²) in [4.78, 5) is 12.1. The molecular formula is C19H18N2O4. The van der Waals surface area contributed by atoms with Crippen LogP contribution < -0.4 is 10.1 Å². The summed E-state index contributed by atoms with van der Waals surface area (Å²) in [5.41, 5.74) is 2.77. The lowest BCUT2D eigenvalue weighted by Crippen LogP contribution is -2.11. The second kappa shape index (κ2) is 6.47. The molecule has 0 fully saturated rings. The number of nitrogens with zero attached hydrogens (tertiary/aromatic N) is 1. The molecule has 0 bridgehead atoms. The molecule has 6 nitrogen and oxygen atoms in total. The van der Waals surface area contributed by atoms with Gasteiger partial charge in [-0.05, 0) is 61.6 Å². The molecule has 1 amide bonds. The highest BCUT2D eigenvalue weighted by molar-refractivity contribution is 6.01. The first kappa shape index (κ1) is 15.5. The Balaban J connectivity index is 1.37. The van der Waals surface area contributed by atoms with E-state index in [1.807, 2.05) is 6.07 Å². The minimum atomic E-state index is -0.378. The largest absolute Gasteiger partial charge is 0.486 e. The molecule has 1 aromatic carbocycles. The summed E-state index contributed by atoms with van der Waals surface area (Å²) in [5, 5.41) is 6.34. The summed E-state index contributed by atoms with van der Waals surface area (Å²) in [7, 11) is 0. The van der Waals surface area contributed by atoms with Crippen LogP contribution in [-0.2, 0) is 19.4 Å². The van der Waals surface area contributed by atoms with Crippen molar-refractivity contribution in [2.45, 2.75) is 32.8 Å². The van der Waals surface area contributed by atoms with E-state index in [1.165, 1.54) is 17.5 Å². The van der Waals surface area contributed by atoms with E-state index < -0.39 is 0 Å². The van der Waals surface area contributed by atoms with Crippen molar-refractivity contribution < 1.29 is 18.5 Å². The lowest BCUT2D eigenvalue weighted by atomic mass is 10.1. The fraction of sp³-hybridized carbons (Fsp3) is 0.263. The molecule has 0 spiro atoms. The zero-order valence-corrected chi connectivity index (χ0v) is 13.9. The van der Waals surface area contributed by atoms with Gasteiger partial charge in [0.05, 0.1) is 0 Å². The topological polar surface area (TPSA) is 77.5 Å². The van der Waals surface area contributed by atoms with Gasteiger partial charge in [0, 0.05) is 6.07 Å². The van der Waals surface area contributed by atoms with Crippen molar-refractivity contribution in [2.24, 2.45) is 0 Å². The molecule has 1 aliphatic carbocycles. The number of amides is 1. The number of carbonyl (C=O) groups excluding carboxylic acids is 1. The van der Waals surface area contributed by atoms with Gasteiger partial charge >= 0.3 is 0 Å². The normalized spacial score (nSPS) is 12.8. The zero-order valence-electron chi connectivity index (χ0n) is 13.9. The Labute approximate surface area is 144 Å². The van der Waals surface area contributed by atoms with Gasteiger partial charge in [-0.3, -0.25) is 4.79 Å². The average molecular weight is 338 g/mol. The number of ether oxygens (including phenoxy) is 1. The molecule has 2 aromatic heterocycles. The lowest BCUT2D eigenvalue weighted by Gasteiger charge is -2.06. The van der Waals surface area contributed by atoms with E-state index in [0.717, 1.165) is 18.6 Å². The summed E-state index contributed by atoms with van der Waals surface area (Å²) in [6.45, 7) is 2.03.